The lowest BCUT2D eigenvalue weighted by atomic mass is 10.1. The van der Waals surface area contributed by atoms with Crippen molar-refractivity contribution in [1.82, 2.24) is 10.2 Å². The molecule has 1 N–H and O–H groups in total. The molecule has 1 saturated heterocycles. The highest BCUT2D eigenvalue weighted by molar-refractivity contribution is 5.78. The van der Waals surface area contributed by atoms with E-state index in [0.717, 1.165) is 19.5 Å². The van der Waals surface area contributed by atoms with E-state index in [1.807, 2.05) is 13.8 Å². The minimum Gasteiger partial charge on any atom is -0.352 e. The average Bonchev–Trinajstić information content (AvgIpc) is 2.04. The van der Waals surface area contributed by atoms with E-state index < -0.39 is 0 Å². The molecular weight excluding hydrogens is 164 g/mol. The van der Waals surface area contributed by atoms with E-state index >= 15 is 0 Å². The summed E-state index contributed by atoms with van der Waals surface area (Å²) in [6.45, 7) is 6.02. The van der Waals surface area contributed by atoms with Gasteiger partial charge in [-0.2, -0.15) is 0 Å². The highest BCUT2D eigenvalue weighted by Gasteiger charge is 2.19. The third kappa shape index (κ3) is 3.35. The summed E-state index contributed by atoms with van der Waals surface area (Å²) in [6.07, 6.45) is 2.32. The molecule has 0 aromatic heterocycles. The second kappa shape index (κ2) is 4.61. The number of likely N-dealkylation sites (N-methyl/N-ethyl adjacent to an activating group) is 1. The number of piperidine rings is 1. The van der Waals surface area contributed by atoms with Crippen molar-refractivity contribution >= 4 is 5.91 Å². The Labute approximate surface area is 80.5 Å². The van der Waals surface area contributed by atoms with Crippen LogP contribution in [0.1, 0.15) is 26.7 Å². The molecule has 1 rings (SSSR count). The van der Waals surface area contributed by atoms with Crippen LogP contribution in [0.3, 0.4) is 0 Å². The molecule has 1 aliphatic rings. The lowest BCUT2D eigenvalue weighted by Gasteiger charge is -2.30. The highest BCUT2D eigenvalue weighted by Crippen LogP contribution is 2.08. The van der Waals surface area contributed by atoms with Crippen molar-refractivity contribution in [3.63, 3.8) is 0 Å². The average molecular weight is 184 g/mol. The quantitative estimate of drug-likeness (QED) is 0.690. The van der Waals surface area contributed by atoms with E-state index in [1.54, 1.807) is 0 Å². The normalized spacial score (nSPS) is 24.8. The van der Waals surface area contributed by atoms with E-state index in [4.69, 9.17) is 0 Å². The second-order valence-electron chi connectivity index (χ2n) is 4.26. The predicted octanol–water partition coefficient (Wildman–Crippen LogP) is 0.853. The van der Waals surface area contributed by atoms with Crippen LogP contribution in [0.25, 0.3) is 0 Å². The van der Waals surface area contributed by atoms with Crippen molar-refractivity contribution in [2.24, 2.45) is 5.92 Å². The van der Waals surface area contributed by atoms with Gasteiger partial charge in [0.15, 0.2) is 0 Å². The zero-order valence-corrected chi connectivity index (χ0v) is 8.84. The number of carbonyl (C=O) groups is 1. The van der Waals surface area contributed by atoms with Crippen LogP contribution in [-0.2, 0) is 4.79 Å². The number of rotatable bonds is 2. The summed E-state index contributed by atoms with van der Waals surface area (Å²) < 4.78 is 0. The summed E-state index contributed by atoms with van der Waals surface area (Å²) >= 11 is 0. The van der Waals surface area contributed by atoms with Gasteiger partial charge in [0.25, 0.3) is 0 Å². The number of likely N-dealkylation sites (tertiary alicyclic amines) is 1. The zero-order chi connectivity index (χ0) is 9.84. The van der Waals surface area contributed by atoms with Gasteiger partial charge in [-0.15, -0.1) is 0 Å². The molecule has 0 aromatic rings. The van der Waals surface area contributed by atoms with Gasteiger partial charge < -0.3 is 10.2 Å². The summed E-state index contributed by atoms with van der Waals surface area (Å²) in [7, 11) is 2.10. The summed E-state index contributed by atoms with van der Waals surface area (Å²) in [4.78, 5) is 13.7. The Hall–Kier alpha value is -0.570. The fourth-order valence-electron chi connectivity index (χ4n) is 1.65. The molecule has 3 heteroatoms. The fourth-order valence-corrected chi connectivity index (χ4v) is 1.65. The van der Waals surface area contributed by atoms with Crippen LogP contribution in [0.4, 0.5) is 0 Å². The molecule has 1 aliphatic heterocycles. The maximum absolute atomic E-state index is 11.4. The topological polar surface area (TPSA) is 32.3 Å². The van der Waals surface area contributed by atoms with E-state index in [9.17, 15) is 4.79 Å². The molecule has 1 atom stereocenters. The van der Waals surface area contributed by atoms with Crippen LogP contribution in [-0.4, -0.2) is 37.0 Å². The second-order valence-corrected chi connectivity index (χ2v) is 4.26. The predicted molar refractivity (Wildman–Crippen MR) is 53.5 cm³/mol. The first-order valence-corrected chi connectivity index (χ1v) is 5.08. The molecule has 0 spiro atoms. The number of amides is 1. The Kier molecular flexibility index (Phi) is 3.72. The van der Waals surface area contributed by atoms with Crippen LogP contribution in [0.15, 0.2) is 0 Å². The first-order valence-electron chi connectivity index (χ1n) is 5.08. The molecule has 0 bridgehead atoms. The molecule has 0 saturated carbocycles. The van der Waals surface area contributed by atoms with Crippen LogP contribution < -0.4 is 5.32 Å². The van der Waals surface area contributed by atoms with Crippen molar-refractivity contribution in [2.75, 3.05) is 20.1 Å². The molecule has 13 heavy (non-hydrogen) atoms. The molecule has 3 nitrogen and oxygen atoms in total. The van der Waals surface area contributed by atoms with Crippen molar-refractivity contribution in [2.45, 2.75) is 32.7 Å². The molecular formula is C10H20N2O. The van der Waals surface area contributed by atoms with Crippen LogP contribution in [0.5, 0.6) is 0 Å². The fraction of sp³-hybridized carbons (Fsp3) is 0.900. The number of nitrogens with one attached hydrogen (secondary N) is 1. The summed E-state index contributed by atoms with van der Waals surface area (Å²) in [6, 6.07) is 0.369. The van der Waals surface area contributed by atoms with Gasteiger partial charge in [0.05, 0.1) is 0 Å². The number of nitrogens with zero attached hydrogens (tertiary/aromatic N) is 1. The monoisotopic (exact) mass is 184 g/mol. The Morgan fingerprint density at radius 1 is 1.54 bits per heavy atom. The Morgan fingerprint density at radius 2 is 2.23 bits per heavy atom. The van der Waals surface area contributed by atoms with E-state index in [-0.39, 0.29) is 11.8 Å². The maximum Gasteiger partial charge on any atom is 0.222 e. The number of hydrogen-bond donors (Lipinski definition) is 1. The van der Waals surface area contributed by atoms with Crippen LogP contribution in [0.2, 0.25) is 0 Å². The molecule has 1 heterocycles. The van der Waals surface area contributed by atoms with Crippen molar-refractivity contribution in [3.05, 3.63) is 0 Å². The molecule has 0 radical (unpaired) electrons. The maximum atomic E-state index is 11.4. The summed E-state index contributed by atoms with van der Waals surface area (Å²) in [5, 5.41) is 3.07. The van der Waals surface area contributed by atoms with Crippen molar-refractivity contribution < 1.29 is 4.79 Å². The molecule has 76 valence electrons. The van der Waals surface area contributed by atoms with E-state index in [0.29, 0.717) is 6.04 Å². The third-order valence-electron chi connectivity index (χ3n) is 2.50. The minimum absolute atomic E-state index is 0.104. The molecule has 0 aliphatic carbocycles. The third-order valence-corrected chi connectivity index (χ3v) is 2.50. The first-order chi connectivity index (χ1) is 6.09. The standard InChI is InChI=1S/C10H20N2O/c1-8(2)10(13)11-9-5-4-6-12(3)7-9/h8-9H,4-7H2,1-3H3,(H,11,13). The minimum atomic E-state index is 0.104. The number of carbonyl (C=O) groups excluding carboxylic acids is 1. The van der Waals surface area contributed by atoms with Crippen LogP contribution in [0, 0.1) is 5.92 Å². The molecule has 1 unspecified atom stereocenters. The van der Waals surface area contributed by atoms with Gasteiger partial charge in [-0.05, 0) is 26.4 Å². The Bertz CT molecular complexity index is 180. The number of hydrogen-bond acceptors (Lipinski definition) is 2. The van der Waals surface area contributed by atoms with Gasteiger partial charge in [-0.25, -0.2) is 0 Å². The van der Waals surface area contributed by atoms with Gasteiger partial charge >= 0.3 is 0 Å². The smallest absolute Gasteiger partial charge is 0.222 e. The van der Waals surface area contributed by atoms with Gasteiger partial charge in [0.1, 0.15) is 0 Å². The summed E-state index contributed by atoms with van der Waals surface area (Å²) in [5.74, 6) is 0.285. The summed E-state index contributed by atoms with van der Waals surface area (Å²) in [5.41, 5.74) is 0. The first kappa shape index (κ1) is 10.5. The molecule has 1 fully saturated rings. The Balaban J connectivity index is 2.31. The lowest BCUT2D eigenvalue weighted by Crippen LogP contribution is -2.47. The molecule has 0 aromatic carbocycles. The van der Waals surface area contributed by atoms with Gasteiger partial charge in [0.2, 0.25) is 5.91 Å². The SMILES string of the molecule is CC(C)C(=O)NC1CCCN(C)C1. The van der Waals surface area contributed by atoms with Crippen molar-refractivity contribution in [1.29, 1.82) is 0 Å². The zero-order valence-electron chi connectivity index (χ0n) is 8.84. The van der Waals surface area contributed by atoms with Gasteiger partial charge in [0, 0.05) is 18.5 Å². The van der Waals surface area contributed by atoms with Crippen molar-refractivity contribution in [3.8, 4) is 0 Å². The highest BCUT2D eigenvalue weighted by atomic mass is 16.1. The Morgan fingerprint density at radius 3 is 2.77 bits per heavy atom. The van der Waals surface area contributed by atoms with E-state index in [1.165, 1.54) is 6.42 Å². The van der Waals surface area contributed by atoms with Gasteiger partial charge in [-0.3, -0.25) is 4.79 Å². The lowest BCUT2D eigenvalue weighted by molar-refractivity contribution is -0.125. The van der Waals surface area contributed by atoms with E-state index in [2.05, 4.69) is 17.3 Å². The molecule has 1 amide bonds. The van der Waals surface area contributed by atoms with Gasteiger partial charge in [-0.1, -0.05) is 13.8 Å². The largest absolute Gasteiger partial charge is 0.352 e. The van der Waals surface area contributed by atoms with Crippen LogP contribution >= 0.6 is 0 Å².